The number of piperidine rings is 1. The third kappa shape index (κ3) is 2.58. The molecule has 0 radical (unpaired) electrons. The molecule has 2 aliphatic heterocycles. The van der Waals surface area contributed by atoms with E-state index in [9.17, 15) is 4.79 Å². The molecule has 2 heterocycles. The first-order chi connectivity index (χ1) is 9.65. The Morgan fingerprint density at radius 3 is 2.90 bits per heavy atom. The maximum atomic E-state index is 12.5. The van der Waals surface area contributed by atoms with Crippen molar-refractivity contribution in [2.24, 2.45) is 5.73 Å². The number of carbonyl (C=O) groups excluding carboxylic acids is 1. The summed E-state index contributed by atoms with van der Waals surface area (Å²) in [6.07, 6.45) is 3.81. The number of carbonyl (C=O) groups is 1. The number of fused-ring (bicyclic) bond motifs is 1. The van der Waals surface area contributed by atoms with E-state index in [0.29, 0.717) is 6.04 Å². The summed E-state index contributed by atoms with van der Waals surface area (Å²) in [4.78, 5) is 14.9. The molecule has 1 amide bonds. The average molecular weight is 273 g/mol. The molecule has 2 aliphatic rings. The number of benzene rings is 1. The Balaban J connectivity index is 1.78. The molecule has 0 saturated carbocycles. The largest absolute Gasteiger partial charge is 0.328 e. The van der Waals surface area contributed by atoms with Gasteiger partial charge < -0.3 is 11.1 Å². The van der Waals surface area contributed by atoms with E-state index in [2.05, 4.69) is 23.2 Å². The normalized spacial score (nSPS) is 31.3. The predicted molar refractivity (Wildman–Crippen MR) is 80.6 cm³/mol. The molecule has 0 spiro atoms. The van der Waals surface area contributed by atoms with E-state index in [4.69, 9.17) is 5.73 Å². The van der Waals surface area contributed by atoms with Crippen LogP contribution in [0.25, 0.3) is 0 Å². The SMILES string of the molecule is CC1CC(N)CCN1C1CCc2ccccc2NC1=O. The summed E-state index contributed by atoms with van der Waals surface area (Å²) >= 11 is 0. The minimum absolute atomic E-state index is 0.0232. The molecule has 3 N–H and O–H groups in total. The van der Waals surface area contributed by atoms with Gasteiger partial charge in [0.2, 0.25) is 5.91 Å². The van der Waals surface area contributed by atoms with Crippen molar-refractivity contribution in [2.75, 3.05) is 11.9 Å². The Labute approximate surface area is 120 Å². The molecular formula is C16H23N3O. The molecule has 1 fully saturated rings. The second-order valence-electron chi connectivity index (χ2n) is 6.07. The van der Waals surface area contributed by atoms with Crippen LogP contribution in [0.2, 0.25) is 0 Å². The molecule has 3 rings (SSSR count). The Morgan fingerprint density at radius 2 is 2.10 bits per heavy atom. The van der Waals surface area contributed by atoms with Crippen LogP contribution in [0.3, 0.4) is 0 Å². The van der Waals surface area contributed by atoms with Gasteiger partial charge in [-0.1, -0.05) is 18.2 Å². The zero-order valence-electron chi connectivity index (χ0n) is 12.0. The van der Waals surface area contributed by atoms with Crippen molar-refractivity contribution in [2.45, 2.75) is 50.7 Å². The number of para-hydroxylation sites is 1. The quantitative estimate of drug-likeness (QED) is 0.819. The van der Waals surface area contributed by atoms with Crippen molar-refractivity contribution in [3.8, 4) is 0 Å². The molecule has 0 aliphatic carbocycles. The zero-order chi connectivity index (χ0) is 14.1. The standard InChI is InChI=1S/C16H23N3O/c1-11-10-13(17)8-9-19(11)15-7-6-12-4-2-3-5-14(12)18-16(15)20/h2-5,11,13,15H,6-10,17H2,1H3,(H,18,20). The Bertz CT molecular complexity index is 502. The van der Waals surface area contributed by atoms with E-state index >= 15 is 0 Å². The fraction of sp³-hybridized carbons (Fsp3) is 0.562. The highest BCUT2D eigenvalue weighted by molar-refractivity contribution is 5.96. The minimum Gasteiger partial charge on any atom is -0.328 e. The Hall–Kier alpha value is -1.39. The fourth-order valence-electron chi connectivity index (χ4n) is 3.51. The van der Waals surface area contributed by atoms with Crippen LogP contribution in [0, 0.1) is 0 Å². The van der Waals surface area contributed by atoms with Crippen LogP contribution in [0.4, 0.5) is 5.69 Å². The summed E-state index contributed by atoms with van der Waals surface area (Å²) in [5.41, 5.74) is 8.24. The van der Waals surface area contributed by atoms with E-state index in [0.717, 1.165) is 37.9 Å². The van der Waals surface area contributed by atoms with Gasteiger partial charge in [0.05, 0.1) is 6.04 Å². The summed E-state index contributed by atoms with van der Waals surface area (Å²) in [7, 11) is 0. The van der Waals surface area contributed by atoms with Crippen LogP contribution in [-0.4, -0.2) is 35.5 Å². The van der Waals surface area contributed by atoms with Crippen LogP contribution in [-0.2, 0) is 11.2 Å². The van der Waals surface area contributed by atoms with Crippen LogP contribution in [0.1, 0.15) is 31.7 Å². The van der Waals surface area contributed by atoms with E-state index < -0.39 is 0 Å². The second kappa shape index (κ2) is 5.54. The van der Waals surface area contributed by atoms with Crippen LogP contribution >= 0.6 is 0 Å². The van der Waals surface area contributed by atoms with Crippen LogP contribution in [0.5, 0.6) is 0 Å². The maximum Gasteiger partial charge on any atom is 0.241 e. The highest BCUT2D eigenvalue weighted by Crippen LogP contribution is 2.27. The van der Waals surface area contributed by atoms with Crippen molar-refractivity contribution >= 4 is 11.6 Å². The van der Waals surface area contributed by atoms with E-state index in [1.54, 1.807) is 0 Å². The Kier molecular flexibility index (Phi) is 3.76. The lowest BCUT2D eigenvalue weighted by Crippen LogP contribution is -2.53. The molecule has 3 unspecified atom stereocenters. The number of nitrogens with two attached hydrogens (primary N) is 1. The van der Waals surface area contributed by atoms with Gasteiger partial charge in [-0.2, -0.15) is 0 Å². The number of amides is 1. The van der Waals surface area contributed by atoms with Gasteiger partial charge in [0.25, 0.3) is 0 Å². The highest BCUT2D eigenvalue weighted by Gasteiger charge is 2.34. The van der Waals surface area contributed by atoms with E-state index in [-0.39, 0.29) is 18.0 Å². The molecule has 1 aromatic rings. The first kappa shape index (κ1) is 13.6. The number of aryl methyl sites for hydroxylation is 1. The maximum absolute atomic E-state index is 12.5. The zero-order valence-corrected chi connectivity index (χ0v) is 12.0. The minimum atomic E-state index is -0.0232. The molecular weight excluding hydrogens is 250 g/mol. The summed E-state index contributed by atoms with van der Waals surface area (Å²) in [6.45, 7) is 3.11. The summed E-state index contributed by atoms with van der Waals surface area (Å²) in [5, 5.41) is 3.09. The first-order valence-corrected chi connectivity index (χ1v) is 7.55. The predicted octanol–water partition coefficient (Wildman–Crippen LogP) is 1.75. The molecule has 0 aromatic heterocycles. The lowest BCUT2D eigenvalue weighted by atomic mass is 9.95. The molecule has 20 heavy (non-hydrogen) atoms. The van der Waals surface area contributed by atoms with Gasteiger partial charge in [0, 0.05) is 24.3 Å². The second-order valence-corrected chi connectivity index (χ2v) is 6.07. The number of rotatable bonds is 1. The number of nitrogens with zero attached hydrogens (tertiary/aromatic N) is 1. The van der Waals surface area contributed by atoms with E-state index in [1.807, 2.05) is 18.2 Å². The molecule has 1 aromatic carbocycles. The van der Waals surface area contributed by atoms with Gasteiger partial charge >= 0.3 is 0 Å². The van der Waals surface area contributed by atoms with Crippen molar-refractivity contribution < 1.29 is 4.79 Å². The molecule has 4 heteroatoms. The topological polar surface area (TPSA) is 58.4 Å². The molecule has 4 nitrogen and oxygen atoms in total. The van der Waals surface area contributed by atoms with Gasteiger partial charge in [0.15, 0.2) is 0 Å². The van der Waals surface area contributed by atoms with Crippen LogP contribution < -0.4 is 11.1 Å². The number of hydrogen-bond acceptors (Lipinski definition) is 3. The first-order valence-electron chi connectivity index (χ1n) is 7.55. The van der Waals surface area contributed by atoms with E-state index in [1.165, 1.54) is 5.56 Å². The van der Waals surface area contributed by atoms with Gasteiger partial charge in [0.1, 0.15) is 0 Å². The summed E-state index contributed by atoms with van der Waals surface area (Å²) in [5.74, 6) is 0.136. The van der Waals surface area contributed by atoms with Gasteiger partial charge in [-0.3, -0.25) is 9.69 Å². The highest BCUT2D eigenvalue weighted by atomic mass is 16.2. The van der Waals surface area contributed by atoms with Crippen molar-refractivity contribution in [3.05, 3.63) is 29.8 Å². The number of nitrogens with one attached hydrogen (secondary N) is 1. The molecule has 108 valence electrons. The van der Waals surface area contributed by atoms with Crippen molar-refractivity contribution in [1.82, 2.24) is 4.90 Å². The molecule has 1 saturated heterocycles. The smallest absolute Gasteiger partial charge is 0.241 e. The van der Waals surface area contributed by atoms with Gasteiger partial charge in [-0.05, 0) is 44.2 Å². The third-order valence-corrected chi connectivity index (χ3v) is 4.63. The third-order valence-electron chi connectivity index (χ3n) is 4.63. The van der Waals surface area contributed by atoms with Gasteiger partial charge in [-0.25, -0.2) is 0 Å². The molecule has 0 bridgehead atoms. The number of anilines is 1. The number of likely N-dealkylation sites (tertiary alicyclic amines) is 1. The fourth-order valence-corrected chi connectivity index (χ4v) is 3.51. The monoisotopic (exact) mass is 273 g/mol. The summed E-state index contributed by atoms with van der Waals surface area (Å²) in [6, 6.07) is 8.75. The lowest BCUT2D eigenvalue weighted by molar-refractivity contribution is -0.123. The van der Waals surface area contributed by atoms with Crippen LogP contribution in [0.15, 0.2) is 24.3 Å². The molecule has 3 atom stereocenters. The van der Waals surface area contributed by atoms with Crippen molar-refractivity contribution in [1.29, 1.82) is 0 Å². The average Bonchev–Trinajstić information content (AvgIpc) is 2.58. The summed E-state index contributed by atoms with van der Waals surface area (Å²) < 4.78 is 0. The van der Waals surface area contributed by atoms with Crippen molar-refractivity contribution in [3.63, 3.8) is 0 Å². The lowest BCUT2D eigenvalue weighted by Gasteiger charge is -2.40. The Morgan fingerprint density at radius 1 is 1.30 bits per heavy atom. The van der Waals surface area contributed by atoms with Gasteiger partial charge in [-0.15, -0.1) is 0 Å². The number of hydrogen-bond donors (Lipinski definition) is 2.